The molecular formula is C9H15BrN2O2. The molecule has 1 unspecified atom stereocenters. The molecule has 14 heavy (non-hydrogen) atoms. The zero-order chi connectivity index (χ0) is 10.6. The van der Waals surface area contributed by atoms with Crippen molar-refractivity contribution >= 4 is 27.7 Å². The van der Waals surface area contributed by atoms with Crippen LogP contribution in [0.5, 0.6) is 0 Å². The van der Waals surface area contributed by atoms with Gasteiger partial charge in [-0.3, -0.25) is 9.59 Å². The van der Waals surface area contributed by atoms with Crippen LogP contribution in [0.4, 0.5) is 0 Å². The van der Waals surface area contributed by atoms with Crippen LogP contribution < -0.4 is 5.32 Å². The lowest BCUT2D eigenvalue weighted by Gasteiger charge is -2.21. The zero-order valence-electron chi connectivity index (χ0n) is 8.25. The number of nitrogens with zero attached hydrogens (tertiary/aromatic N) is 1. The maximum absolute atomic E-state index is 11.7. The van der Waals surface area contributed by atoms with Crippen LogP contribution in [0.15, 0.2) is 0 Å². The zero-order valence-corrected chi connectivity index (χ0v) is 9.84. The predicted molar refractivity (Wildman–Crippen MR) is 57.2 cm³/mol. The molecule has 2 amide bonds. The van der Waals surface area contributed by atoms with E-state index in [-0.39, 0.29) is 16.6 Å². The first-order valence-electron chi connectivity index (χ1n) is 4.84. The van der Waals surface area contributed by atoms with Crippen LogP contribution in [0.2, 0.25) is 0 Å². The molecule has 0 radical (unpaired) electrons. The number of halogens is 1. The smallest absolute Gasteiger partial charge is 0.236 e. The number of carbonyl (C=O) groups excluding carboxylic acids is 2. The first kappa shape index (κ1) is 11.5. The second kappa shape index (κ2) is 5.34. The molecule has 4 nitrogen and oxygen atoms in total. The van der Waals surface area contributed by atoms with Gasteiger partial charge in [-0.25, -0.2) is 0 Å². The van der Waals surface area contributed by atoms with E-state index in [4.69, 9.17) is 0 Å². The second-order valence-corrected chi connectivity index (χ2v) is 4.41. The largest absolute Gasteiger partial charge is 0.354 e. The van der Waals surface area contributed by atoms with E-state index < -0.39 is 0 Å². The SMILES string of the molecule is CCC(Br)C(=O)N1CCNC(=O)CC1. The monoisotopic (exact) mass is 262 g/mol. The summed E-state index contributed by atoms with van der Waals surface area (Å²) in [5.74, 6) is 0.118. The van der Waals surface area contributed by atoms with E-state index in [0.29, 0.717) is 26.1 Å². The summed E-state index contributed by atoms with van der Waals surface area (Å²) in [4.78, 5) is 24.4. The molecule has 5 heteroatoms. The van der Waals surface area contributed by atoms with E-state index in [2.05, 4.69) is 21.2 Å². The van der Waals surface area contributed by atoms with Gasteiger partial charge in [-0.15, -0.1) is 0 Å². The van der Waals surface area contributed by atoms with Crippen molar-refractivity contribution in [3.8, 4) is 0 Å². The number of rotatable bonds is 2. The Labute approximate surface area is 92.2 Å². The van der Waals surface area contributed by atoms with Crippen molar-refractivity contribution in [1.82, 2.24) is 10.2 Å². The van der Waals surface area contributed by atoms with Gasteiger partial charge < -0.3 is 10.2 Å². The lowest BCUT2D eigenvalue weighted by Crippen LogP contribution is -2.38. The molecule has 0 saturated carbocycles. The molecule has 1 N–H and O–H groups in total. The highest BCUT2D eigenvalue weighted by Gasteiger charge is 2.22. The third kappa shape index (κ3) is 2.97. The molecule has 1 saturated heterocycles. The third-order valence-corrected chi connectivity index (χ3v) is 3.29. The van der Waals surface area contributed by atoms with Crippen molar-refractivity contribution in [2.45, 2.75) is 24.6 Å². The minimum absolute atomic E-state index is 0.0305. The Bertz CT molecular complexity index is 233. The van der Waals surface area contributed by atoms with Crippen LogP contribution in [0.1, 0.15) is 19.8 Å². The topological polar surface area (TPSA) is 49.4 Å². The molecule has 0 aromatic rings. The summed E-state index contributed by atoms with van der Waals surface area (Å²) in [7, 11) is 0. The van der Waals surface area contributed by atoms with Crippen LogP contribution in [-0.4, -0.2) is 41.2 Å². The minimum atomic E-state index is -0.115. The highest BCUT2D eigenvalue weighted by molar-refractivity contribution is 9.10. The molecule has 0 bridgehead atoms. The Kier molecular flexibility index (Phi) is 4.38. The lowest BCUT2D eigenvalue weighted by atomic mass is 10.3. The number of nitrogens with one attached hydrogen (secondary N) is 1. The Balaban J connectivity index is 2.51. The number of carbonyl (C=O) groups is 2. The third-order valence-electron chi connectivity index (χ3n) is 2.25. The van der Waals surface area contributed by atoms with E-state index in [9.17, 15) is 9.59 Å². The molecule has 1 atom stereocenters. The van der Waals surface area contributed by atoms with Gasteiger partial charge in [-0.1, -0.05) is 22.9 Å². The van der Waals surface area contributed by atoms with Gasteiger partial charge >= 0.3 is 0 Å². The normalized spacial score (nSPS) is 19.9. The number of hydrogen-bond donors (Lipinski definition) is 1. The molecule has 80 valence electrons. The highest BCUT2D eigenvalue weighted by Crippen LogP contribution is 2.10. The Morgan fingerprint density at radius 2 is 2.36 bits per heavy atom. The molecule has 0 aromatic heterocycles. The van der Waals surface area contributed by atoms with Gasteiger partial charge in [0.25, 0.3) is 0 Å². The molecule has 0 spiro atoms. The van der Waals surface area contributed by atoms with Crippen molar-refractivity contribution in [3.63, 3.8) is 0 Å². The van der Waals surface area contributed by atoms with Gasteiger partial charge in [0.2, 0.25) is 11.8 Å². The average molecular weight is 263 g/mol. The summed E-state index contributed by atoms with van der Waals surface area (Å²) >= 11 is 3.32. The van der Waals surface area contributed by atoms with Crippen molar-refractivity contribution < 1.29 is 9.59 Å². The standard InChI is InChI=1S/C9H15BrN2O2/c1-2-7(10)9(14)12-5-3-8(13)11-4-6-12/h7H,2-6H2,1H3,(H,11,13). The summed E-state index contributed by atoms with van der Waals surface area (Å²) in [6, 6.07) is 0. The molecule has 1 aliphatic rings. The van der Waals surface area contributed by atoms with E-state index in [0.717, 1.165) is 6.42 Å². The van der Waals surface area contributed by atoms with Gasteiger partial charge in [0.1, 0.15) is 0 Å². The van der Waals surface area contributed by atoms with Gasteiger partial charge in [0, 0.05) is 26.1 Å². The summed E-state index contributed by atoms with van der Waals surface area (Å²) < 4.78 is 0. The molecule has 0 aromatic carbocycles. The van der Waals surface area contributed by atoms with E-state index in [1.807, 2.05) is 6.92 Å². The molecular weight excluding hydrogens is 248 g/mol. The Hall–Kier alpha value is -0.580. The van der Waals surface area contributed by atoms with Crippen LogP contribution in [0.3, 0.4) is 0 Å². The molecule has 0 aliphatic carbocycles. The van der Waals surface area contributed by atoms with E-state index in [1.54, 1.807) is 4.90 Å². The van der Waals surface area contributed by atoms with Crippen molar-refractivity contribution in [3.05, 3.63) is 0 Å². The predicted octanol–water partition coefficient (Wildman–Crippen LogP) is 0.508. The van der Waals surface area contributed by atoms with Crippen LogP contribution in [-0.2, 0) is 9.59 Å². The minimum Gasteiger partial charge on any atom is -0.354 e. The van der Waals surface area contributed by atoms with Gasteiger partial charge in [0.15, 0.2) is 0 Å². The quantitative estimate of drug-likeness (QED) is 0.738. The first-order chi connectivity index (χ1) is 6.65. The Morgan fingerprint density at radius 1 is 1.64 bits per heavy atom. The molecule has 1 heterocycles. The fourth-order valence-electron chi connectivity index (χ4n) is 1.36. The maximum Gasteiger partial charge on any atom is 0.236 e. The summed E-state index contributed by atoms with van der Waals surface area (Å²) in [6.07, 6.45) is 1.19. The molecule has 1 rings (SSSR count). The molecule has 1 aliphatic heterocycles. The van der Waals surface area contributed by atoms with Gasteiger partial charge in [0.05, 0.1) is 4.83 Å². The number of amides is 2. The van der Waals surface area contributed by atoms with Crippen molar-refractivity contribution in [2.75, 3.05) is 19.6 Å². The maximum atomic E-state index is 11.7. The van der Waals surface area contributed by atoms with Crippen molar-refractivity contribution in [2.24, 2.45) is 0 Å². The first-order valence-corrected chi connectivity index (χ1v) is 5.76. The highest BCUT2D eigenvalue weighted by atomic mass is 79.9. The summed E-state index contributed by atoms with van der Waals surface area (Å²) in [5.41, 5.74) is 0. The van der Waals surface area contributed by atoms with Gasteiger partial charge in [-0.05, 0) is 6.42 Å². The van der Waals surface area contributed by atoms with E-state index in [1.165, 1.54) is 0 Å². The van der Waals surface area contributed by atoms with Crippen LogP contribution in [0.25, 0.3) is 0 Å². The van der Waals surface area contributed by atoms with Gasteiger partial charge in [-0.2, -0.15) is 0 Å². The fraction of sp³-hybridized carbons (Fsp3) is 0.778. The fourth-order valence-corrected chi connectivity index (χ4v) is 1.65. The lowest BCUT2D eigenvalue weighted by molar-refractivity contribution is -0.130. The summed E-state index contributed by atoms with van der Waals surface area (Å²) in [6.45, 7) is 3.67. The summed E-state index contributed by atoms with van der Waals surface area (Å²) in [5, 5.41) is 2.74. The number of hydrogen-bond acceptors (Lipinski definition) is 2. The van der Waals surface area contributed by atoms with Crippen molar-refractivity contribution in [1.29, 1.82) is 0 Å². The number of alkyl halides is 1. The van der Waals surface area contributed by atoms with Crippen LogP contribution in [0, 0.1) is 0 Å². The van der Waals surface area contributed by atoms with Crippen LogP contribution >= 0.6 is 15.9 Å². The average Bonchev–Trinajstić information content (AvgIpc) is 2.40. The van der Waals surface area contributed by atoms with E-state index >= 15 is 0 Å². The Morgan fingerprint density at radius 3 is 3.00 bits per heavy atom. The second-order valence-electron chi connectivity index (χ2n) is 3.30. The molecule has 1 fully saturated rings.